The van der Waals surface area contributed by atoms with Gasteiger partial charge >= 0.3 is 5.97 Å². The van der Waals surface area contributed by atoms with Crippen molar-refractivity contribution in [1.29, 1.82) is 0 Å². The molecule has 0 aliphatic carbocycles. The van der Waals surface area contributed by atoms with E-state index >= 15 is 0 Å². The molecule has 0 aliphatic heterocycles. The number of methoxy groups -OCH3 is 1. The largest absolute Gasteiger partial charge is 0.468 e. The summed E-state index contributed by atoms with van der Waals surface area (Å²) in [6.45, 7) is 3.78. The number of aldehydes is 1. The number of carbonyl (C=O) groups excluding carboxylic acids is 2. The molecule has 0 saturated heterocycles. The van der Waals surface area contributed by atoms with Crippen molar-refractivity contribution in [3.63, 3.8) is 0 Å². The Bertz CT molecular complexity index is 366. The van der Waals surface area contributed by atoms with Crippen LogP contribution in [0.4, 0.5) is 0 Å². The molecule has 0 bridgehead atoms. The summed E-state index contributed by atoms with van der Waals surface area (Å²) in [5.41, 5.74) is 2.30. The van der Waals surface area contributed by atoms with Gasteiger partial charge in [0.05, 0.1) is 12.8 Å². The first-order chi connectivity index (χ1) is 6.60. The minimum atomic E-state index is -0.355. The van der Waals surface area contributed by atoms with Crippen molar-refractivity contribution in [2.24, 2.45) is 0 Å². The first-order valence-electron chi connectivity index (χ1n) is 4.29. The molecule has 14 heavy (non-hydrogen) atoms. The third-order valence-corrected chi connectivity index (χ3v) is 2.17. The number of hydrogen-bond donors (Lipinski definition) is 0. The Morgan fingerprint density at radius 3 is 2.71 bits per heavy atom. The Labute approximate surface area is 82.5 Å². The van der Waals surface area contributed by atoms with E-state index < -0.39 is 0 Å². The van der Waals surface area contributed by atoms with Crippen LogP contribution in [-0.4, -0.2) is 23.9 Å². The lowest BCUT2D eigenvalue weighted by Gasteiger charge is -2.06. The number of aryl methyl sites for hydroxylation is 2. The second kappa shape index (κ2) is 4.09. The number of aromatic nitrogens is 1. The van der Waals surface area contributed by atoms with Gasteiger partial charge in [-0.1, -0.05) is 0 Å². The molecule has 0 aliphatic rings. The lowest BCUT2D eigenvalue weighted by Crippen LogP contribution is -2.14. The lowest BCUT2D eigenvalue weighted by atomic mass is 10.3. The molecule has 1 aromatic heterocycles. The lowest BCUT2D eigenvalue weighted by molar-refractivity contribution is -0.141. The molecule has 0 fully saturated rings. The van der Waals surface area contributed by atoms with Gasteiger partial charge in [0.25, 0.3) is 0 Å². The maximum absolute atomic E-state index is 11.1. The Balaban J connectivity index is 3.06. The van der Waals surface area contributed by atoms with E-state index in [0.717, 1.165) is 17.5 Å². The normalized spacial score (nSPS) is 9.93. The Morgan fingerprint density at radius 1 is 1.57 bits per heavy atom. The van der Waals surface area contributed by atoms with Gasteiger partial charge in [-0.15, -0.1) is 0 Å². The molecule has 1 aromatic rings. The molecule has 0 N–H and O–H groups in total. The molecule has 1 rings (SSSR count). The molecular weight excluding hydrogens is 182 g/mol. The summed E-state index contributed by atoms with van der Waals surface area (Å²) in [5, 5.41) is 0. The van der Waals surface area contributed by atoms with Gasteiger partial charge in [0, 0.05) is 5.69 Å². The number of nitrogens with zero attached hydrogens (tertiary/aromatic N) is 1. The van der Waals surface area contributed by atoms with Crippen molar-refractivity contribution in [1.82, 2.24) is 4.57 Å². The smallest absolute Gasteiger partial charge is 0.325 e. The van der Waals surface area contributed by atoms with Crippen molar-refractivity contribution in [2.45, 2.75) is 20.4 Å². The van der Waals surface area contributed by atoms with Crippen LogP contribution in [-0.2, 0) is 16.1 Å². The Hall–Kier alpha value is -1.58. The molecular formula is C10H13NO3. The standard InChI is InChI=1S/C10H13NO3/c1-7-4-8(2)11(9(7)6-12)5-10(13)14-3/h4,6H,5H2,1-3H3. The minimum Gasteiger partial charge on any atom is -0.468 e. The van der Waals surface area contributed by atoms with Crippen LogP contribution in [0.1, 0.15) is 21.7 Å². The van der Waals surface area contributed by atoms with Crippen molar-refractivity contribution in [2.75, 3.05) is 7.11 Å². The van der Waals surface area contributed by atoms with E-state index in [1.54, 1.807) is 4.57 Å². The van der Waals surface area contributed by atoms with Crippen molar-refractivity contribution < 1.29 is 14.3 Å². The van der Waals surface area contributed by atoms with E-state index in [-0.39, 0.29) is 12.5 Å². The molecule has 0 amide bonds. The van der Waals surface area contributed by atoms with E-state index in [4.69, 9.17) is 0 Å². The van der Waals surface area contributed by atoms with Gasteiger partial charge < -0.3 is 9.30 Å². The maximum Gasteiger partial charge on any atom is 0.325 e. The van der Waals surface area contributed by atoms with Crippen LogP contribution in [0.5, 0.6) is 0 Å². The molecule has 4 nitrogen and oxygen atoms in total. The van der Waals surface area contributed by atoms with E-state index in [1.807, 2.05) is 19.9 Å². The fraction of sp³-hybridized carbons (Fsp3) is 0.400. The number of rotatable bonds is 3. The SMILES string of the molecule is COC(=O)Cn1c(C)cc(C)c1C=O. The van der Waals surface area contributed by atoms with E-state index in [1.165, 1.54) is 7.11 Å². The highest BCUT2D eigenvalue weighted by Crippen LogP contribution is 2.12. The van der Waals surface area contributed by atoms with Crippen LogP contribution in [0.2, 0.25) is 0 Å². The summed E-state index contributed by atoms with van der Waals surface area (Å²) < 4.78 is 6.19. The van der Waals surface area contributed by atoms with Gasteiger partial charge in [-0.05, 0) is 25.5 Å². The summed E-state index contributed by atoms with van der Waals surface area (Å²) in [6.07, 6.45) is 0.755. The summed E-state index contributed by atoms with van der Waals surface area (Å²) >= 11 is 0. The number of esters is 1. The Kier molecular flexibility index (Phi) is 3.06. The van der Waals surface area contributed by atoms with Gasteiger partial charge in [0.1, 0.15) is 6.54 Å². The van der Waals surface area contributed by atoms with Gasteiger partial charge in [-0.3, -0.25) is 9.59 Å². The number of hydrogen-bond acceptors (Lipinski definition) is 3. The second-order valence-corrected chi connectivity index (χ2v) is 3.13. The average molecular weight is 195 g/mol. The highest BCUT2D eigenvalue weighted by molar-refractivity contribution is 5.77. The minimum absolute atomic E-state index is 0.0875. The summed E-state index contributed by atoms with van der Waals surface area (Å²) in [7, 11) is 1.33. The van der Waals surface area contributed by atoms with Crippen LogP contribution in [0.15, 0.2) is 6.07 Å². The molecule has 0 atom stereocenters. The predicted molar refractivity (Wildman–Crippen MR) is 51.3 cm³/mol. The Morgan fingerprint density at radius 2 is 2.21 bits per heavy atom. The number of carbonyl (C=O) groups is 2. The highest BCUT2D eigenvalue weighted by atomic mass is 16.5. The predicted octanol–water partition coefficient (Wildman–Crippen LogP) is 1.09. The first-order valence-corrected chi connectivity index (χ1v) is 4.29. The molecule has 0 aromatic carbocycles. The van der Waals surface area contributed by atoms with Crippen molar-refractivity contribution in [3.8, 4) is 0 Å². The zero-order valence-corrected chi connectivity index (χ0v) is 8.53. The van der Waals surface area contributed by atoms with Gasteiger partial charge in [-0.25, -0.2) is 0 Å². The monoisotopic (exact) mass is 195 g/mol. The quantitative estimate of drug-likeness (QED) is 0.536. The molecule has 0 saturated carbocycles. The summed E-state index contributed by atoms with van der Waals surface area (Å²) in [4.78, 5) is 21.8. The van der Waals surface area contributed by atoms with Crippen LogP contribution in [0.3, 0.4) is 0 Å². The fourth-order valence-corrected chi connectivity index (χ4v) is 1.43. The third kappa shape index (κ3) is 1.84. The van der Waals surface area contributed by atoms with Crippen molar-refractivity contribution in [3.05, 3.63) is 23.0 Å². The molecule has 0 unspecified atom stereocenters. The second-order valence-electron chi connectivity index (χ2n) is 3.13. The topological polar surface area (TPSA) is 48.3 Å². The molecule has 76 valence electrons. The molecule has 4 heteroatoms. The van der Waals surface area contributed by atoms with Gasteiger partial charge in [0.15, 0.2) is 6.29 Å². The van der Waals surface area contributed by atoms with Crippen LogP contribution in [0.25, 0.3) is 0 Å². The third-order valence-electron chi connectivity index (χ3n) is 2.17. The van der Waals surface area contributed by atoms with E-state index in [0.29, 0.717) is 5.69 Å². The molecule has 0 spiro atoms. The number of ether oxygens (including phenoxy) is 1. The summed E-state index contributed by atoms with van der Waals surface area (Å²) in [6, 6.07) is 1.87. The maximum atomic E-state index is 11.1. The van der Waals surface area contributed by atoms with Crippen molar-refractivity contribution >= 4 is 12.3 Å². The molecule has 0 radical (unpaired) electrons. The van der Waals surface area contributed by atoms with Crippen LogP contribution >= 0.6 is 0 Å². The van der Waals surface area contributed by atoms with Crippen LogP contribution in [0, 0.1) is 13.8 Å². The van der Waals surface area contributed by atoms with Gasteiger partial charge in [0.2, 0.25) is 0 Å². The first kappa shape index (κ1) is 10.5. The van der Waals surface area contributed by atoms with E-state index in [2.05, 4.69) is 4.74 Å². The van der Waals surface area contributed by atoms with Crippen LogP contribution < -0.4 is 0 Å². The van der Waals surface area contributed by atoms with E-state index in [9.17, 15) is 9.59 Å². The zero-order chi connectivity index (χ0) is 10.7. The highest BCUT2D eigenvalue weighted by Gasteiger charge is 2.11. The molecule has 1 heterocycles. The summed E-state index contributed by atoms with van der Waals surface area (Å²) in [5.74, 6) is -0.355. The zero-order valence-electron chi connectivity index (χ0n) is 8.53. The van der Waals surface area contributed by atoms with Gasteiger partial charge in [-0.2, -0.15) is 0 Å². The fourth-order valence-electron chi connectivity index (χ4n) is 1.43. The average Bonchev–Trinajstić information content (AvgIpc) is 2.41.